The molecule has 0 saturated carbocycles. The molecule has 7 nitrogen and oxygen atoms in total. The summed E-state index contributed by atoms with van der Waals surface area (Å²) >= 11 is 0. The fourth-order valence-corrected chi connectivity index (χ4v) is 4.03. The Morgan fingerprint density at radius 3 is 2.79 bits per heavy atom. The van der Waals surface area contributed by atoms with Crippen LogP contribution in [-0.2, 0) is 16.2 Å². The second-order valence-corrected chi connectivity index (χ2v) is 14.1. The van der Waals surface area contributed by atoms with E-state index in [1.165, 1.54) is 0 Å². The Morgan fingerprint density at radius 1 is 1.29 bits per heavy atom. The summed E-state index contributed by atoms with van der Waals surface area (Å²) < 4.78 is 13.7. The molecule has 0 spiro atoms. The average molecular weight is 404 g/mol. The second-order valence-electron chi connectivity index (χ2n) is 8.49. The highest BCUT2D eigenvalue weighted by molar-refractivity contribution is 6.76. The van der Waals surface area contributed by atoms with E-state index in [-0.39, 0.29) is 12.3 Å². The molecule has 1 aliphatic heterocycles. The Balaban J connectivity index is 1.78. The zero-order valence-electron chi connectivity index (χ0n) is 17.9. The lowest BCUT2D eigenvalue weighted by Gasteiger charge is -2.24. The third-order valence-corrected chi connectivity index (χ3v) is 6.65. The third-order valence-electron chi connectivity index (χ3n) is 4.94. The molecule has 3 heterocycles. The summed E-state index contributed by atoms with van der Waals surface area (Å²) in [5.74, 6) is 0. The number of ether oxygens (including phenoxy) is 2. The molecule has 8 heteroatoms. The molecule has 2 aromatic heterocycles. The van der Waals surface area contributed by atoms with Crippen LogP contribution in [0.4, 0.5) is 0 Å². The molecule has 0 aliphatic carbocycles. The first kappa shape index (κ1) is 21.0. The lowest BCUT2D eigenvalue weighted by Crippen LogP contribution is -2.41. The van der Waals surface area contributed by atoms with Crippen LogP contribution in [0.2, 0.25) is 25.7 Å². The van der Waals surface area contributed by atoms with E-state index in [0.29, 0.717) is 13.3 Å². The number of hydrazine groups is 1. The van der Waals surface area contributed by atoms with Crippen LogP contribution in [0.5, 0.6) is 0 Å². The number of nitrogens with zero attached hydrogens (tertiary/aromatic N) is 4. The summed E-state index contributed by atoms with van der Waals surface area (Å²) in [6.45, 7) is 15.2. The van der Waals surface area contributed by atoms with Crippen LogP contribution in [0.15, 0.2) is 24.8 Å². The van der Waals surface area contributed by atoms with Crippen LogP contribution in [0.25, 0.3) is 16.6 Å². The van der Waals surface area contributed by atoms with Crippen molar-refractivity contribution in [1.29, 1.82) is 0 Å². The van der Waals surface area contributed by atoms with Gasteiger partial charge in [-0.2, -0.15) is 0 Å². The maximum absolute atomic E-state index is 5.91. The van der Waals surface area contributed by atoms with Crippen molar-refractivity contribution in [3.8, 4) is 0 Å². The molecule has 0 saturated heterocycles. The number of hydrogen-bond acceptors (Lipinski definition) is 6. The van der Waals surface area contributed by atoms with Crippen molar-refractivity contribution in [3.05, 3.63) is 30.5 Å². The van der Waals surface area contributed by atoms with Gasteiger partial charge in [-0.25, -0.2) is 15.4 Å². The summed E-state index contributed by atoms with van der Waals surface area (Å²) in [5.41, 5.74) is 6.44. The van der Waals surface area contributed by atoms with E-state index in [0.717, 1.165) is 35.0 Å². The quantitative estimate of drug-likeness (QED) is 0.509. The van der Waals surface area contributed by atoms with Crippen LogP contribution in [-0.4, -0.2) is 53.1 Å². The molecule has 0 bridgehead atoms. The molecule has 154 valence electrons. The van der Waals surface area contributed by atoms with Gasteiger partial charge in [0.25, 0.3) is 0 Å². The summed E-state index contributed by atoms with van der Waals surface area (Å²) in [4.78, 5) is 9.09. The fourth-order valence-electron chi connectivity index (χ4n) is 3.27. The Labute approximate surface area is 168 Å². The Hall–Kier alpha value is -1.74. The first-order chi connectivity index (χ1) is 13.3. The predicted molar refractivity (Wildman–Crippen MR) is 115 cm³/mol. The molecule has 3 rings (SSSR count). The van der Waals surface area contributed by atoms with Gasteiger partial charge < -0.3 is 14.0 Å². The van der Waals surface area contributed by atoms with Crippen molar-refractivity contribution in [2.24, 2.45) is 0 Å². The zero-order valence-corrected chi connectivity index (χ0v) is 18.9. The molecule has 1 N–H and O–H groups in total. The van der Waals surface area contributed by atoms with E-state index >= 15 is 0 Å². The van der Waals surface area contributed by atoms with Crippen molar-refractivity contribution < 1.29 is 9.47 Å². The van der Waals surface area contributed by atoms with Crippen LogP contribution >= 0.6 is 0 Å². The van der Waals surface area contributed by atoms with E-state index in [2.05, 4.69) is 58.8 Å². The van der Waals surface area contributed by atoms with Gasteiger partial charge in [0.15, 0.2) is 0 Å². The number of rotatable bonds is 9. The van der Waals surface area contributed by atoms with E-state index in [9.17, 15) is 0 Å². The van der Waals surface area contributed by atoms with Crippen LogP contribution in [0.3, 0.4) is 0 Å². The van der Waals surface area contributed by atoms with Gasteiger partial charge in [0.2, 0.25) is 0 Å². The molecule has 2 unspecified atom stereocenters. The van der Waals surface area contributed by atoms with Crippen LogP contribution in [0.1, 0.15) is 26.5 Å². The minimum absolute atomic E-state index is 0.0355. The summed E-state index contributed by atoms with van der Waals surface area (Å²) in [6.07, 6.45) is 5.73. The number of aromatic nitrogens is 3. The van der Waals surface area contributed by atoms with Crippen molar-refractivity contribution in [2.75, 3.05) is 13.2 Å². The smallest absolute Gasteiger partial charge is 0.145 e. The molecule has 1 aliphatic rings. The van der Waals surface area contributed by atoms with Crippen molar-refractivity contribution in [2.45, 2.75) is 65.5 Å². The maximum Gasteiger partial charge on any atom is 0.145 e. The molecule has 28 heavy (non-hydrogen) atoms. The van der Waals surface area contributed by atoms with Gasteiger partial charge in [-0.3, -0.25) is 5.01 Å². The zero-order chi connectivity index (χ0) is 20.3. The first-order valence-electron chi connectivity index (χ1n) is 10.1. The van der Waals surface area contributed by atoms with Gasteiger partial charge in [0.1, 0.15) is 24.9 Å². The minimum atomic E-state index is -1.08. The highest BCUT2D eigenvalue weighted by Crippen LogP contribution is 2.29. The van der Waals surface area contributed by atoms with E-state index < -0.39 is 8.07 Å². The van der Waals surface area contributed by atoms with Crippen molar-refractivity contribution in [3.63, 3.8) is 0 Å². The molecular weight excluding hydrogens is 370 g/mol. The van der Waals surface area contributed by atoms with Gasteiger partial charge in [-0.05, 0) is 32.9 Å². The van der Waals surface area contributed by atoms with Gasteiger partial charge in [0, 0.05) is 44.6 Å². The standard InChI is InChI=1S/C20H33N5O2Si/c1-7-27-16(3)25-12-18(15(2)23-25)19-17-8-9-24(20(17)22-13-21-19)14-26-10-11-28(4,5)6/h8-9,12-13,15-16,23H,7,10-11,14H2,1-6H3. The summed E-state index contributed by atoms with van der Waals surface area (Å²) in [7, 11) is -1.08. The molecule has 0 aromatic carbocycles. The predicted octanol–water partition coefficient (Wildman–Crippen LogP) is 3.68. The fraction of sp³-hybridized carbons (Fsp3) is 0.600. The lowest BCUT2D eigenvalue weighted by molar-refractivity contribution is -0.0382. The molecule has 2 aromatic rings. The largest absolute Gasteiger partial charge is 0.361 e. The summed E-state index contributed by atoms with van der Waals surface area (Å²) in [5, 5.41) is 3.05. The van der Waals surface area contributed by atoms with Crippen molar-refractivity contribution >= 4 is 24.7 Å². The van der Waals surface area contributed by atoms with Gasteiger partial charge >= 0.3 is 0 Å². The molecular formula is C20H33N5O2Si. The summed E-state index contributed by atoms with van der Waals surface area (Å²) in [6, 6.07) is 3.39. The number of hydrogen-bond donors (Lipinski definition) is 1. The highest BCUT2D eigenvalue weighted by atomic mass is 28.3. The molecule has 2 atom stereocenters. The second kappa shape index (κ2) is 8.73. The van der Waals surface area contributed by atoms with Crippen LogP contribution in [0, 0.1) is 0 Å². The minimum Gasteiger partial charge on any atom is -0.361 e. The monoisotopic (exact) mass is 403 g/mol. The Bertz CT molecular complexity index is 830. The topological polar surface area (TPSA) is 64.4 Å². The van der Waals surface area contributed by atoms with Crippen molar-refractivity contribution in [1.82, 2.24) is 25.0 Å². The lowest BCUT2D eigenvalue weighted by atomic mass is 10.1. The van der Waals surface area contributed by atoms with E-state index in [1.54, 1.807) is 6.33 Å². The van der Waals surface area contributed by atoms with Crippen LogP contribution < -0.4 is 5.43 Å². The molecule has 0 radical (unpaired) electrons. The normalized spacial score (nSPS) is 18.7. The molecule has 0 amide bonds. The van der Waals surface area contributed by atoms with E-state index in [1.807, 2.05) is 25.1 Å². The van der Waals surface area contributed by atoms with Gasteiger partial charge in [-0.1, -0.05) is 19.6 Å². The number of nitrogens with one attached hydrogen (secondary N) is 1. The first-order valence-corrected chi connectivity index (χ1v) is 13.8. The average Bonchev–Trinajstić information content (AvgIpc) is 3.22. The van der Waals surface area contributed by atoms with Gasteiger partial charge in [-0.15, -0.1) is 0 Å². The third kappa shape index (κ3) is 4.80. The number of fused-ring (bicyclic) bond motifs is 1. The molecule has 0 fully saturated rings. The van der Waals surface area contributed by atoms with Gasteiger partial charge in [0.05, 0.1) is 11.7 Å². The maximum atomic E-state index is 5.91. The highest BCUT2D eigenvalue weighted by Gasteiger charge is 2.27. The Morgan fingerprint density at radius 2 is 2.07 bits per heavy atom. The van der Waals surface area contributed by atoms with E-state index in [4.69, 9.17) is 9.47 Å². The SMILES string of the molecule is CCOC(C)N1C=C(c2ncnc3c2ccn3COCC[Si](C)(C)C)C(C)N1. The Kier molecular flexibility index (Phi) is 6.54.